The number of aromatic nitrogens is 3. The zero-order valence-corrected chi connectivity index (χ0v) is 14.7. The first-order chi connectivity index (χ1) is 12.6. The second-order valence-electron chi connectivity index (χ2n) is 5.56. The monoisotopic (exact) mass is 367 g/mol. The standard InChI is InChI=1S/C19H14FN3O2S/c1-2-25-15-8-6-13(7-9-15)17-21-19-23(22-17)18(24)16(26-19)11-12-4-3-5-14(20)10-12/h3-11H,2H2,1H3. The highest BCUT2D eigenvalue weighted by Gasteiger charge is 2.12. The maximum atomic E-state index is 13.3. The van der Waals surface area contributed by atoms with Crippen LogP contribution >= 0.6 is 11.3 Å². The van der Waals surface area contributed by atoms with Crippen molar-refractivity contribution in [2.45, 2.75) is 6.92 Å². The average molecular weight is 367 g/mol. The molecule has 130 valence electrons. The van der Waals surface area contributed by atoms with E-state index in [9.17, 15) is 9.18 Å². The molecule has 0 aliphatic rings. The molecule has 0 N–H and O–H groups in total. The maximum Gasteiger partial charge on any atom is 0.291 e. The minimum absolute atomic E-state index is 0.265. The molecule has 0 saturated heterocycles. The number of rotatable bonds is 4. The lowest BCUT2D eigenvalue weighted by atomic mass is 10.2. The van der Waals surface area contributed by atoms with Gasteiger partial charge in [-0.1, -0.05) is 23.5 Å². The number of hydrogen-bond donors (Lipinski definition) is 0. The molecule has 26 heavy (non-hydrogen) atoms. The zero-order valence-electron chi connectivity index (χ0n) is 13.8. The Bertz CT molecular complexity index is 1180. The fraction of sp³-hybridized carbons (Fsp3) is 0.105. The molecule has 0 spiro atoms. The van der Waals surface area contributed by atoms with E-state index in [4.69, 9.17) is 4.74 Å². The van der Waals surface area contributed by atoms with Gasteiger partial charge in [0.15, 0.2) is 5.82 Å². The molecule has 0 atom stereocenters. The molecule has 0 fully saturated rings. The third-order valence-electron chi connectivity index (χ3n) is 3.75. The molecule has 0 aliphatic heterocycles. The highest BCUT2D eigenvalue weighted by atomic mass is 32.1. The second-order valence-corrected chi connectivity index (χ2v) is 6.57. The van der Waals surface area contributed by atoms with Gasteiger partial charge in [-0.05, 0) is 55.0 Å². The van der Waals surface area contributed by atoms with E-state index in [0.29, 0.717) is 27.5 Å². The fourth-order valence-corrected chi connectivity index (χ4v) is 3.48. The zero-order chi connectivity index (χ0) is 18.1. The largest absolute Gasteiger partial charge is 0.494 e. The first kappa shape index (κ1) is 16.4. The molecule has 5 nitrogen and oxygen atoms in total. The quantitative estimate of drug-likeness (QED) is 0.557. The molecule has 2 aromatic carbocycles. The van der Waals surface area contributed by atoms with Gasteiger partial charge in [-0.3, -0.25) is 4.79 Å². The third kappa shape index (κ3) is 3.09. The Hall–Kier alpha value is -3.06. The van der Waals surface area contributed by atoms with Gasteiger partial charge in [-0.2, -0.15) is 9.50 Å². The minimum atomic E-state index is -0.344. The summed E-state index contributed by atoms with van der Waals surface area (Å²) in [4.78, 5) is 17.5. The number of hydrogen-bond acceptors (Lipinski definition) is 5. The highest BCUT2D eigenvalue weighted by molar-refractivity contribution is 7.15. The van der Waals surface area contributed by atoms with Crippen LogP contribution < -0.4 is 14.8 Å². The molecule has 7 heteroatoms. The number of halogens is 1. The molecular weight excluding hydrogens is 353 g/mol. The Kier molecular flexibility index (Phi) is 4.22. The van der Waals surface area contributed by atoms with E-state index >= 15 is 0 Å². The van der Waals surface area contributed by atoms with Crippen molar-refractivity contribution in [2.75, 3.05) is 6.61 Å². The van der Waals surface area contributed by atoms with E-state index in [-0.39, 0.29) is 11.4 Å². The van der Waals surface area contributed by atoms with E-state index in [1.165, 1.54) is 28.0 Å². The SMILES string of the molecule is CCOc1ccc(-c2nc3sc(=Cc4cccc(F)c4)c(=O)n3n2)cc1. The first-order valence-corrected chi connectivity index (χ1v) is 8.86. The van der Waals surface area contributed by atoms with Crippen LogP contribution in [0.2, 0.25) is 0 Å². The summed E-state index contributed by atoms with van der Waals surface area (Å²) in [6, 6.07) is 13.5. The smallest absolute Gasteiger partial charge is 0.291 e. The van der Waals surface area contributed by atoms with Gasteiger partial charge in [0.25, 0.3) is 5.56 Å². The minimum Gasteiger partial charge on any atom is -0.494 e. The summed E-state index contributed by atoms with van der Waals surface area (Å²) in [6.45, 7) is 2.52. The first-order valence-electron chi connectivity index (χ1n) is 8.04. The Morgan fingerprint density at radius 2 is 2.04 bits per heavy atom. The van der Waals surface area contributed by atoms with Gasteiger partial charge < -0.3 is 4.74 Å². The molecule has 0 radical (unpaired) electrons. The maximum absolute atomic E-state index is 13.3. The van der Waals surface area contributed by atoms with Crippen LogP contribution in [0.5, 0.6) is 5.75 Å². The Morgan fingerprint density at radius 3 is 2.73 bits per heavy atom. The Balaban J connectivity index is 1.72. The van der Waals surface area contributed by atoms with Crippen LogP contribution in [-0.4, -0.2) is 21.2 Å². The van der Waals surface area contributed by atoms with Gasteiger partial charge in [0.05, 0.1) is 11.1 Å². The number of fused-ring (bicyclic) bond motifs is 1. The molecule has 0 amide bonds. The summed E-state index contributed by atoms with van der Waals surface area (Å²) < 4.78 is 20.5. The van der Waals surface area contributed by atoms with Crippen LogP contribution in [0.15, 0.2) is 53.3 Å². The number of nitrogens with zero attached hydrogens (tertiary/aromatic N) is 3. The molecule has 0 unspecified atom stereocenters. The molecule has 4 rings (SSSR count). The van der Waals surface area contributed by atoms with Crippen LogP contribution in [0.1, 0.15) is 12.5 Å². The van der Waals surface area contributed by atoms with Crippen LogP contribution in [-0.2, 0) is 0 Å². The molecule has 4 aromatic rings. The van der Waals surface area contributed by atoms with E-state index in [1.807, 2.05) is 31.2 Å². The van der Waals surface area contributed by atoms with Crippen LogP contribution in [0, 0.1) is 5.82 Å². The van der Waals surface area contributed by atoms with Crippen LogP contribution in [0.3, 0.4) is 0 Å². The lowest BCUT2D eigenvalue weighted by molar-refractivity contribution is 0.340. The van der Waals surface area contributed by atoms with Crippen molar-refractivity contribution in [3.63, 3.8) is 0 Å². The van der Waals surface area contributed by atoms with Crippen molar-refractivity contribution in [2.24, 2.45) is 0 Å². The van der Waals surface area contributed by atoms with Crippen molar-refractivity contribution in [3.8, 4) is 17.1 Å². The van der Waals surface area contributed by atoms with Crippen molar-refractivity contribution in [1.29, 1.82) is 0 Å². The van der Waals surface area contributed by atoms with Gasteiger partial charge in [-0.25, -0.2) is 4.39 Å². The van der Waals surface area contributed by atoms with Gasteiger partial charge in [0.2, 0.25) is 4.96 Å². The molecule has 0 aliphatic carbocycles. The van der Waals surface area contributed by atoms with E-state index in [1.54, 1.807) is 18.2 Å². The van der Waals surface area contributed by atoms with Crippen molar-refractivity contribution in [1.82, 2.24) is 14.6 Å². The van der Waals surface area contributed by atoms with Crippen molar-refractivity contribution in [3.05, 3.63) is 74.8 Å². The van der Waals surface area contributed by atoms with Crippen LogP contribution in [0.25, 0.3) is 22.4 Å². The predicted molar refractivity (Wildman–Crippen MR) is 98.9 cm³/mol. The Labute approximate surface area is 152 Å². The summed E-state index contributed by atoms with van der Waals surface area (Å²) >= 11 is 1.23. The number of ether oxygens (including phenoxy) is 1. The summed E-state index contributed by atoms with van der Waals surface area (Å²) in [5.74, 6) is 0.908. The molecule has 0 saturated carbocycles. The summed E-state index contributed by atoms with van der Waals surface area (Å²) in [5.41, 5.74) is 1.16. The number of benzene rings is 2. The molecular formula is C19H14FN3O2S. The predicted octanol–water partition coefficient (Wildman–Crippen LogP) is 2.90. The summed E-state index contributed by atoms with van der Waals surface area (Å²) in [5, 5.41) is 4.31. The lowest BCUT2D eigenvalue weighted by Gasteiger charge is -2.02. The topological polar surface area (TPSA) is 56.5 Å². The molecule has 2 heterocycles. The van der Waals surface area contributed by atoms with Crippen LogP contribution in [0.4, 0.5) is 4.39 Å². The van der Waals surface area contributed by atoms with Gasteiger partial charge >= 0.3 is 0 Å². The third-order valence-corrected chi connectivity index (χ3v) is 4.71. The highest BCUT2D eigenvalue weighted by Crippen LogP contribution is 2.20. The van der Waals surface area contributed by atoms with Gasteiger partial charge in [0, 0.05) is 5.56 Å². The Morgan fingerprint density at radius 1 is 1.23 bits per heavy atom. The van der Waals surface area contributed by atoms with E-state index in [2.05, 4.69) is 10.1 Å². The normalized spacial score (nSPS) is 12.0. The lowest BCUT2D eigenvalue weighted by Crippen LogP contribution is -2.23. The molecule has 2 aromatic heterocycles. The van der Waals surface area contributed by atoms with Crippen molar-refractivity contribution < 1.29 is 9.13 Å². The van der Waals surface area contributed by atoms with Crippen molar-refractivity contribution >= 4 is 22.4 Å². The van der Waals surface area contributed by atoms with Gasteiger partial charge in [0.1, 0.15) is 11.6 Å². The average Bonchev–Trinajstić information content (AvgIpc) is 3.16. The summed E-state index contributed by atoms with van der Waals surface area (Å²) in [7, 11) is 0. The fourth-order valence-electron chi connectivity index (χ4n) is 2.57. The van der Waals surface area contributed by atoms with E-state index < -0.39 is 0 Å². The van der Waals surface area contributed by atoms with E-state index in [0.717, 1.165) is 11.3 Å². The second kappa shape index (κ2) is 6.68. The summed E-state index contributed by atoms with van der Waals surface area (Å²) in [6.07, 6.45) is 1.64. The van der Waals surface area contributed by atoms with Gasteiger partial charge in [-0.15, -0.1) is 5.10 Å². The number of thiazole rings is 1. The molecule has 0 bridgehead atoms.